The molecule has 5 nitrogen and oxygen atoms in total. The first-order valence-electron chi connectivity index (χ1n) is 8.96. The summed E-state index contributed by atoms with van der Waals surface area (Å²) in [6.45, 7) is 6.47. The highest BCUT2D eigenvalue weighted by Crippen LogP contribution is 2.32. The molecule has 1 heterocycles. The van der Waals surface area contributed by atoms with E-state index in [-0.39, 0.29) is 5.91 Å². The summed E-state index contributed by atoms with van der Waals surface area (Å²) in [6.07, 6.45) is 3.48. The van der Waals surface area contributed by atoms with Crippen LogP contribution in [0.3, 0.4) is 0 Å². The van der Waals surface area contributed by atoms with Crippen molar-refractivity contribution in [2.45, 2.75) is 6.92 Å². The number of rotatable bonds is 7. The molecular formula is C22H22N2O3S. The molecule has 0 spiro atoms. The van der Waals surface area contributed by atoms with Crippen LogP contribution in [-0.4, -0.2) is 36.2 Å². The summed E-state index contributed by atoms with van der Waals surface area (Å²) in [5, 5.41) is 0.443. The minimum absolute atomic E-state index is 0.163. The van der Waals surface area contributed by atoms with E-state index in [2.05, 4.69) is 6.58 Å². The molecule has 3 rings (SSSR count). The van der Waals surface area contributed by atoms with Crippen LogP contribution in [0.15, 0.2) is 66.9 Å². The molecule has 0 N–H and O–H groups in total. The minimum Gasteiger partial charge on any atom is -0.490 e. The maximum Gasteiger partial charge on any atom is 0.281 e. The van der Waals surface area contributed by atoms with Gasteiger partial charge in [0.2, 0.25) is 0 Å². The van der Waals surface area contributed by atoms with Gasteiger partial charge in [0.1, 0.15) is 12.3 Å². The van der Waals surface area contributed by atoms with Crippen LogP contribution < -0.4 is 14.4 Å². The minimum atomic E-state index is -0.163. The lowest BCUT2D eigenvalue weighted by Crippen LogP contribution is -2.30. The van der Waals surface area contributed by atoms with Crippen molar-refractivity contribution in [1.29, 1.82) is 0 Å². The van der Waals surface area contributed by atoms with Crippen molar-refractivity contribution < 1.29 is 14.3 Å². The number of carbonyl (C=O) groups excluding carboxylic acids is 1. The Balaban J connectivity index is 1.94. The van der Waals surface area contributed by atoms with Crippen LogP contribution in [0, 0.1) is 0 Å². The Morgan fingerprint density at radius 1 is 1.11 bits per heavy atom. The summed E-state index contributed by atoms with van der Waals surface area (Å²) in [5.74, 6) is 1.09. The van der Waals surface area contributed by atoms with E-state index in [1.165, 1.54) is 4.90 Å². The van der Waals surface area contributed by atoms with Gasteiger partial charge >= 0.3 is 0 Å². The maximum absolute atomic E-state index is 13.0. The lowest BCUT2D eigenvalue weighted by atomic mass is 10.1. The Kier molecular flexibility index (Phi) is 6.11. The van der Waals surface area contributed by atoms with E-state index in [0.29, 0.717) is 35.5 Å². The van der Waals surface area contributed by atoms with Gasteiger partial charge in [-0.2, -0.15) is 0 Å². The zero-order valence-corrected chi connectivity index (χ0v) is 16.7. The molecule has 1 amide bonds. The fourth-order valence-corrected chi connectivity index (χ4v) is 3.16. The number of likely N-dealkylation sites (N-methyl/N-ethyl adjacent to an activating group) is 1. The van der Waals surface area contributed by atoms with E-state index < -0.39 is 0 Å². The zero-order chi connectivity index (χ0) is 20.1. The predicted molar refractivity (Wildman–Crippen MR) is 116 cm³/mol. The summed E-state index contributed by atoms with van der Waals surface area (Å²) in [4.78, 5) is 16.3. The van der Waals surface area contributed by atoms with Gasteiger partial charge in [-0.3, -0.25) is 9.69 Å². The van der Waals surface area contributed by atoms with E-state index in [9.17, 15) is 4.79 Å². The number of benzene rings is 2. The van der Waals surface area contributed by atoms with Gasteiger partial charge in [0, 0.05) is 7.05 Å². The molecule has 0 saturated carbocycles. The number of carbonyl (C=O) groups is 1. The number of anilines is 1. The van der Waals surface area contributed by atoms with E-state index in [1.807, 2.05) is 55.5 Å². The van der Waals surface area contributed by atoms with Crippen LogP contribution in [-0.2, 0) is 4.79 Å². The van der Waals surface area contributed by atoms with E-state index in [0.717, 1.165) is 11.3 Å². The average Bonchev–Trinajstić information content (AvgIpc) is 2.91. The van der Waals surface area contributed by atoms with Crippen LogP contribution in [0.25, 0.3) is 6.08 Å². The van der Waals surface area contributed by atoms with Crippen LogP contribution >= 0.6 is 12.2 Å². The smallest absolute Gasteiger partial charge is 0.281 e. The van der Waals surface area contributed by atoms with Crippen LogP contribution in [0.4, 0.5) is 5.69 Å². The average molecular weight is 394 g/mol. The molecule has 1 aliphatic rings. The van der Waals surface area contributed by atoms with Crippen LogP contribution in [0.1, 0.15) is 12.5 Å². The van der Waals surface area contributed by atoms with Gasteiger partial charge in [-0.15, -0.1) is 0 Å². The highest BCUT2D eigenvalue weighted by Gasteiger charge is 2.36. The second-order valence-electron chi connectivity index (χ2n) is 6.09. The lowest BCUT2D eigenvalue weighted by Gasteiger charge is -2.16. The van der Waals surface area contributed by atoms with Gasteiger partial charge in [0.05, 0.1) is 12.3 Å². The van der Waals surface area contributed by atoms with Gasteiger partial charge in [-0.05, 0) is 55.0 Å². The Bertz CT molecular complexity index is 925. The third-order valence-electron chi connectivity index (χ3n) is 4.20. The van der Waals surface area contributed by atoms with Gasteiger partial charge < -0.3 is 14.4 Å². The van der Waals surface area contributed by atoms with Crippen molar-refractivity contribution >= 4 is 35.0 Å². The van der Waals surface area contributed by atoms with Crippen molar-refractivity contribution in [3.63, 3.8) is 0 Å². The second kappa shape index (κ2) is 8.71. The van der Waals surface area contributed by atoms with Crippen LogP contribution in [0.5, 0.6) is 11.5 Å². The lowest BCUT2D eigenvalue weighted by molar-refractivity contribution is -0.114. The predicted octanol–water partition coefficient (Wildman–Crippen LogP) is 4.25. The van der Waals surface area contributed by atoms with Gasteiger partial charge in [0.15, 0.2) is 16.6 Å². The topological polar surface area (TPSA) is 42.0 Å². The number of thiocarbonyl (C=S) groups is 1. The Morgan fingerprint density at radius 2 is 1.86 bits per heavy atom. The molecule has 1 saturated heterocycles. The molecular weight excluding hydrogens is 372 g/mol. The zero-order valence-electron chi connectivity index (χ0n) is 15.9. The summed E-state index contributed by atoms with van der Waals surface area (Å²) in [6, 6.07) is 14.9. The highest BCUT2D eigenvalue weighted by molar-refractivity contribution is 7.80. The highest BCUT2D eigenvalue weighted by atomic mass is 32.1. The quantitative estimate of drug-likeness (QED) is 0.399. The molecule has 0 aliphatic carbocycles. The summed E-state index contributed by atoms with van der Waals surface area (Å²) < 4.78 is 11.3. The Hall–Kier alpha value is -3.12. The van der Waals surface area contributed by atoms with Gasteiger partial charge in [-0.25, -0.2) is 0 Å². The van der Waals surface area contributed by atoms with Crippen LogP contribution in [0.2, 0.25) is 0 Å². The summed E-state index contributed by atoms with van der Waals surface area (Å²) in [5.41, 5.74) is 2.06. The summed E-state index contributed by atoms with van der Waals surface area (Å²) >= 11 is 5.49. The molecule has 1 aliphatic heterocycles. The third-order valence-corrected chi connectivity index (χ3v) is 4.66. The number of nitrogens with zero attached hydrogens (tertiary/aromatic N) is 2. The molecule has 28 heavy (non-hydrogen) atoms. The van der Waals surface area contributed by atoms with E-state index in [1.54, 1.807) is 24.1 Å². The molecule has 0 unspecified atom stereocenters. The normalized spacial score (nSPS) is 15.3. The fourth-order valence-electron chi connectivity index (χ4n) is 2.87. The molecule has 1 fully saturated rings. The van der Waals surface area contributed by atoms with Crippen molar-refractivity contribution in [3.05, 3.63) is 72.4 Å². The monoisotopic (exact) mass is 394 g/mol. The fraction of sp³-hybridized carbons (Fsp3) is 0.182. The first-order chi connectivity index (χ1) is 13.6. The molecule has 0 atom stereocenters. The molecule has 2 aromatic carbocycles. The van der Waals surface area contributed by atoms with Crippen molar-refractivity contribution in [3.8, 4) is 11.5 Å². The largest absolute Gasteiger partial charge is 0.490 e. The first kappa shape index (κ1) is 19.6. The van der Waals surface area contributed by atoms with Crippen molar-refractivity contribution in [2.75, 3.05) is 25.2 Å². The third kappa shape index (κ3) is 3.92. The van der Waals surface area contributed by atoms with E-state index in [4.69, 9.17) is 21.7 Å². The first-order valence-corrected chi connectivity index (χ1v) is 9.37. The SMILES string of the molecule is C=CCOc1ccc(C=C2C(=O)N(c3ccccc3)C(=S)N2C)cc1OCC. The number of para-hydroxylation sites is 1. The van der Waals surface area contributed by atoms with Gasteiger partial charge in [-0.1, -0.05) is 36.9 Å². The number of amides is 1. The van der Waals surface area contributed by atoms with Crippen molar-refractivity contribution in [2.24, 2.45) is 0 Å². The molecule has 144 valence electrons. The Morgan fingerprint density at radius 3 is 2.54 bits per heavy atom. The van der Waals surface area contributed by atoms with Crippen molar-refractivity contribution in [1.82, 2.24) is 4.90 Å². The summed E-state index contributed by atoms with van der Waals surface area (Å²) in [7, 11) is 1.79. The molecule has 2 aromatic rings. The number of hydrogen-bond donors (Lipinski definition) is 0. The van der Waals surface area contributed by atoms with E-state index >= 15 is 0 Å². The van der Waals surface area contributed by atoms with Gasteiger partial charge in [0.25, 0.3) is 5.91 Å². The second-order valence-corrected chi connectivity index (χ2v) is 6.45. The molecule has 6 heteroatoms. The number of ether oxygens (including phenoxy) is 2. The molecule has 0 aromatic heterocycles. The maximum atomic E-state index is 13.0. The molecule has 0 bridgehead atoms. The molecule has 0 radical (unpaired) electrons. The number of hydrogen-bond acceptors (Lipinski definition) is 4. The Labute approximate surface area is 170 Å². The standard InChI is InChI=1S/C22H22N2O3S/c1-4-13-27-19-12-11-16(15-20(19)26-5-2)14-18-21(25)24(22(28)23(18)3)17-9-7-6-8-10-17/h4,6-12,14-15H,1,5,13H2,2-3H3.